The Kier molecular flexibility index (Phi) is 7.83. The van der Waals surface area contributed by atoms with Crippen molar-refractivity contribution in [2.24, 2.45) is 0 Å². The number of methoxy groups -OCH3 is 1. The van der Waals surface area contributed by atoms with E-state index < -0.39 is 12.6 Å². The first-order valence-corrected chi connectivity index (χ1v) is 11.8. The van der Waals surface area contributed by atoms with Gasteiger partial charge in [0.15, 0.2) is 6.61 Å². The number of carboxylic acids is 1. The minimum Gasteiger partial charge on any atom is -0.496 e. The molecule has 4 rings (SSSR count). The fourth-order valence-electron chi connectivity index (χ4n) is 4.16. The van der Waals surface area contributed by atoms with Gasteiger partial charge in [0.05, 0.1) is 18.5 Å². The van der Waals surface area contributed by atoms with E-state index >= 15 is 0 Å². The Bertz CT molecular complexity index is 1280. The molecular formula is C29H30N2O4. The van der Waals surface area contributed by atoms with Gasteiger partial charge in [0, 0.05) is 17.7 Å². The zero-order valence-corrected chi connectivity index (χ0v) is 20.1. The minimum atomic E-state index is -1.02. The van der Waals surface area contributed by atoms with Crippen molar-refractivity contribution in [3.63, 3.8) is 0 Å². The molecule has 0 atom stereocenters. The highest BCUT2D eigenvalue weighted by Gasteiger charge is 2.18. The molecule has 0 saturated carbocycles. The van der Waals surface area contributed by atoms with Gasteiger partial charge < -0.3 is 14.6 Å². The van der Waals surface area contributed by atoms with E-state index in [1.807, 2.05) is 65.3 Å². The molecule has 0 spiro atoms. The highest BCUT2D eigenvalue weighted by molar-refractivity contribution is 5.76. The summed E-state index contributed by atoms with van der Waals surface area (Å²) in [6.45, 7) is 2.40. The predicted molar refractivity (Wildman–Crippen MR) is 137 cm³/mol. The first kappa shape index (κ1) is 24.1. The maximum Gasteiger partial charge on any atom is 0.341 e. The van der Waals surface area contributed by atoms with E-state index in [2.05, 4.69) is 25.1 Å². The molecule has 6 heteroatoms. The van der Waals surface area contributed by atoms with Crippen LogP contribution in [0.25, 0.3) is 22.5 Å². The fraction of sp³-hybridized carbons (Fsp3) is 0.241. The summed E-state index contributed by atoms with van der Waals surface area (Å²) in [7, 11) is 1.66. The summed E-state index contributed by atoms with van der Waals surface area (Å²) in [5.74, 6) is 0.255. The summed E-state index contributed by atoms with van der Waals surface area (Å²) in [5, 5.41) is 14.1. The van der Waals surface area contributed by atoms with Crippen LogP contribution in [0.1, 0.15) is 24.5 Å². The number of nitrogens with zero attached hydrogens (tertiary/aromatic N) is 2. The van der Waals surface area contributed by atoms with Crippen LogP contribution < -0.4 is 9.47 Å². The van der Waals surface area contributed by atoms with Crippen LogP contribution in [-0.4, -0.2) is 34.6 Å². The van der Waals surface area contributed by atoms with E-state index in [-0.39, 0.29) is 0 Å². The second-order valence-corrected chi connectivity index (χ2v) is 8.34. The summed E-state index contributed by atoms with van der Waals surface area (Å²) in [4.78, 5) is 11.2. The first-order valence-electron chi connectivity index (χ1n) is 11.8. The van der Waals surface area contributed by atoms with Gasteiger partial charge in [0.25, 0.3) is 0 Å². The lowest BCUT2D eigenvalue weighted by atomic mass is 10.0. The van der Waals surface area contributed by atoms with Gasteiger partial charge in [-0.15, -0.1) is 0 Å². The standard InChI is InChI=1S/C29H30N2O4/c1-3-9-22-14-15-28(35-20-29(32)33)24(18-22)25-19-26(23-12-7-8-13-27(23)34-2)31(30-25)17-16-21-10-5-4-6-11-21/h4-8,10-15,18-19H,3,9,16-17,20H2,1-2H3,(H,32,33). The number of rotatable bonds is 11. The third-order valence-corrected chi connectivity index (χ3v) is 5.83. The largest absolute Gasteiger partial charge is 0.496 e. The van der Waals surface area contributed by atoms with Crippen LogP contribution in [0.15, 0.2) is 78.9 Å². The lowest BCUT2D eigenvalue weighted by molar-refractivity contribution is -0.139. The normalized spacial score (nSPS) is 10.8. The van der Waals surface area contributed by atoms with E-state index in [4.69, 9.17) is 19.7 Å². The first-order chi connectivity index (χ1) is 17.1. The summed E-state index contributed by atoms with van der Waals surface area (Å²) in [6, 6.07) is 26.1. The summed E-state index contributed by atoms with van der Waals surface area (Å²) in [6.07, 6.45) is 2.75. The molecule has 0 aliphatic rings. The Morgan fingerprint density at radius 3 is 2.40 bits per heavy atom. The van der Waals surface area contributed by atoms with Gasteiger partial charge in [-0.3, -0.25) is 4.68 Å². The molecular weight excluding hydrogens is 440 g/mol. The number of ether oxygens (including phenoxy) is 2. The maximum atomic E-state index is 11.2. The van der Waals surface area contributed by atoms with Gasteiger partial charge in [-0.25, -0.2) is 4.79 Å². The van der Waals surface area contributed by atoms with Gasteiger partial charge in [-0.1, -0.05) is 61.9 Å². The Labute approximate surface area is 205 Å². The average Bonchev–Trinajstić information content (AvgIpc) is 3.31. The smallest absolute Gasteiger partial charge is 0.341 e. The Morgan fingerprint density at radius 2 is 1.66 bits per heavy atom. The summed E-state index contributed by atoms with van der Waals surface area (Å²) >= 11 is 0. The van der Waals surface area contributed by atoms with Gasteiger partial charge in [0.1, 0.15) is 11.5 Å². The molecule has 0 saturated heterocycles. The van der Waals surface area contributed by atoms with Crippen LogP contribution in [0.3, 0.4) is 0 Å². The number of hydrogen-bond donors (Lipinski definition) is 1. The second-order valence-electron chi connectivity index (χ2n) is 8.34. The van der Waals surface area contributed by atoms with E-state index in [9.17, 15) is 4.79 Å². The number of carboxylic acid groups (broad SMARTS) is 1. The monoisotopic (exact) mass is 470 g/mol. The van der Waals surface area contributed by atoms with Crippen LogP contribution in [-0.2, 0) is 24.2 Å². The molecule has 0 bridgehead atoms. The molecule has 3 aromatic carbocycles. The molecule has 0 unspecified atom stereocenters. The van der Waals surface area contributed by atoms with Crippen molar-refractivity contribution in [2.45, 2.75) is 32.7 Å². The van der Waals surface area contributed by atoms with Crippen molar-refractivity contribution in [2.75, 3.05) is 13.7 Å². The van der Waals surface area contributed by atoms with Crippen LogP contribution in [0, 0.1) is 0 Å². The van der Waals surface area contributed by atoms with Crippen LogP contribution in [0.4, 0.5) is 0 Å². The zero-order valence-electron chi connectivity index (χ0n) is 20.1. The van der Waals surface area contributed by atoms with Crippen molar-refractivity contribution in [1.29, 1.82) is 0 Å². The van der Waals surface area contributed by atoms with Crippen molar-refractivity contribution in [3.8, 4) is 34.0 Å². The molecule has 0 radical (unpaired) electrons. The molecule has 0 aliphatic heterocycles. The number of aliphatic carboxylic acids is 1. The highest BCUT2D eigenvalue weighted by Crippen LogP contribution is 2.36. The Hall–Kier alpha value is -4.06. The molecule has 0 fully saturated rings. The van der Waals surface area contributed by atoms with Crippen LogP contribution in [0.5, 0.6) is 11.5 Å². The zero-order chi connectivity index (χ0) is 24.6. The Morgan fingerprint density at radius 1 is 0.886 bits per heavy atom. The number of carbonyl (C=O) groups is 1. The number of para-hydroxylation sites is 1. The van der Waals surface area contributed by atoms with Crippen LogP contribution in [0.2, 0.25) is 0 Å². The van der Waals surface area contributed by atoms with Gasteiger partial charge in [0.2, 0.25) is 0 Å². The van der Waals surface area contributed by atoms with Crippen LogP contribution >= 0.6 is 0 Å². The molecule has 180 valence electrons. The van der Waals surface area contributed by atoms with Gasteiger partial charge in [-0.05, 0) is 54.3 Å². The van der Waals surface area contributed by atoms with E-state index in [0.717, 1.165) is 53.1 Å². The number of hydrogen-bond acceptors (Lipinski definition) is 4. The minimum absolute atomic E-state index is 0.409. The second kappa shape index (κ2) is 11.4. The Balaban J connectivity index is 1.79. The highest BCUT2D eigenvalue weighted by atomic mass is 16.5. The summed E-state index contributed by atoms with van der Waals surface area (Å²) in [5.41, 5.74) is 5.77. The average molecular weight is 471 g/mol. The molecule has 1 aromatic heterocycles. The summed E-state index contributed by atoms with van der Waals surface area (Å²) < 4.78 is 13.3. The maximum absolute atomic E-state index is 11.2. The topological polar surface area (TPSA) is 73.6 Å². The van der Waals surface area contributed by atoms with Crippen molar-refractivity contribution >= 4 is 5.97 Å². The third-order valence-electron chi connectivity index (χ3n) is 5.83. The molecule has 1 N–H and O–H groups in total. The molecule has 1 heterocycles. The lowest BCUT2D eigenvalue weighted by Crippen LogP contribution is -2.10. The number of aryl methyl sites for hydroxylation is 3. The predicted octanol–water partition coefficient (Wildman–Crippen LogP) is 5.88. The lowest BCUT2D eigenvalue weighted by Gasteiger charge is -2.11. The SMILES string of the molecule is CCCc1ccc(OCC(=O)O)c(-c2cc(-c3ccccc3OC)n(CCc3ccccc3)n2)c1. The molecule has 4 aromatic rings. The molecule has 0 amide bonds. The van der Waals surface area contributed by atoms with Gasteiger partial charge >= 0.3 is 5.97 Å². The molecule has 0 aliphatic carbocycles. The van der Waals surface area contributed by atoms with E-state index in [1.54, 1.807) is 7.11 Å². The molecule has 35 heavy (non-hydrogen) atoms. The van der Waals surface area contributed by atoms with Gasteiger partial charge in [-0.2, -0.15) is 5.10 Å². The quantitative estimate of drug-likeness (QED) is 0.296. The number of benzene rings is 3. The van der Waals surface area contributed by atoms with E-state index in [0.29, 0.717) is 12.3 Å². The van der Waals surface area contributed by atoms with Crippen molar-refractivity contribution in [3.05, 3.63) is 90.0 Å². The van der Waals surface area contributed by atoms with Crippen molar-refractivity contribution in [1.82, 2.24) is 9.78 Å². The molecule has 6 nitrogen and oxygen atoms in total. The fourth-order valence-corrected chi connectivity index (χ4v) is 4.16. The number of aromatic nitrogens is 2. The van der Waals surface area contributed by atoms with Crippen molar-refractivity contribution < 1.29 is 19.4 Å². The third kappa shape index (κ3) is 5.90. The van der Waals surface area contributed by atoms with E-state index in [1.165, 1.54) is 5.56 Å².